The molecule has 4 nitrogen and oxygen atoms in total. The molecule has 21 rings (SSSR count). The summed E-state index contributed by atoms with van der Waals surface area (Å²) in [5.74, 6) is 0. The number of hydrogen-bond acceptors (Lipinski definition) is 0. The first-order valence-corrected chi connectivity index (χ1v) is 36.4. The van der Waals surface area contributed by atoms with Gasteiger partial charge >= 0.3 is 0 Å². The average Bonchev–Trinajstić information content (AvgIpc) is 1.61. The molecule has 0 radical (unpaired) electrons. The van der Waals surface area contributed by atoms with E-state index in [4.69, 9.17) is 0 Å². The van der Waals surface area contributed by atoms with Crippen LogP contribution in [0.5, 0.6) is 0 Å². The molecule has 4 heteroatoms. The summed E-state index contributed by atoms with van der Waals surface area (Å²) in [5, 5.41) is 10.1. The largest absolute Gasteiger partial charge is 0.309 e. The van der Waals surface area contributed by atoms with Crippen LogP contribution in [-0.4, -0.2) is 18.3 Å². The lowest BCUT2D eigenvalue weighted by molar-refractivity contribution is 1.18. The van der Waals surface area contributed by atoms with E-state index in [1.165, 1.54) is 171 Å². The summed E-state index contributed by atoms with van der Waals surface area (Å²) >= 11 is 0. The van der Waals surface area contributed by atoms with E-state index in [9.17, 15) is 0 Å². The van der Waals surface area contributed by atoms with E-state index in [0.29, 0.717) is 0 Å². The molecular weight excluding hydrogens is 1280 g/mol. The van der Waals surface area contributed by atoms with Crippen LogP contribution >= 0.6 is 0 Å². The minimum atomic E-state index is 1.16. The summed E-state index contributed by atoms with van der Waals surface area (Å²) in [6.07, 6.45) is 0. The van der Waals surface area contributed by atoms with E-state index in [0.717, 1.165) is 17.1 Å². The summed E-state index contributed by atoms with van der Waals surface area (Å²) in [5.41, 5.74) is 31.4. The van der Waals surface area contributed by atoms with Gasteiger partial charge < -0.3 is 18.3 Å². The highest BCUT2D eigenvalue weighted by Gasteiger charge is 2.20. The van der Waals surface area contributed by atoms with Crippen LogP contribution in [0.15, 0.2) is 413 Å². The van der Waals surface area contributed by atoms with Crippen LogP contribution in [0.4, 0.5) is 0 Å². The van der Waals surface area contributed by atoms with Crippen molar-refractivity contribution in [2.24, 2.45) is 0 Å². The van der Waals surface area contributed by atoms with Crippen molar-refractivity contribution in [3.05, 3.63) is 413 Å². The molecule has 0 aliphatic carbocycles. The zero-order valence-corrected chi connectivity index (χ0v) is 58.0. The van der Waals surface area contributed by atoms with Gasteiger partial charge in [0.25, 0.3) is 0 Å². The topological polar surface area (TPSA) is 19.7 Å². The fourth-order valence-electron chi connectivity index (χ4n) is 16.3. The number of nitrogens with zero attached hydrogens (tertiary/aromatic N) is 4. The maximum atomic E-state index is 2.40. The Kier molecular flexibility index (Phi) is 15.2. The van der Waals surface area contributed by atoms with Crippen molar-refractivity contribution in [1.82, 2.24) is 18.3 Å². The van der Waals surface area contributed by atoms with Crippen LogP contribution in [0.1, 0.15) is 0 Å². The second-order valence-corrected chi connectivity index (χ2v) is 27.6. The second-order valence-electron chi connectivity index (χ2n) is 27.6. The van der Waals surface area contributed by atoms with Gasteiger partial charge in [0.2, 0.25) is 0 Å². The molecule has 4 heterocycles. The average molecular weight is 1350 g/mol. The van der Waals surface area contributed by atoms with Crippen molar-refractivity contribution in [3.8, 4) is 101 Å². The van der Waals surface area contributed by atoms with Crippen LogP contribution in [-0.2, 0) is 0 Å². The van der Waals surface area contributed by atoms with Gasteiger partial charge in [-0.3, -0.25) is 0 Å². The van der Waals surface area contributed by atoms with Gasteiger partial charge in [0.1, 0.15) is 0 Å². The second kappa shape index (κ2) is 26.1. The van der Waals surface area contributed by atoms with E-state index in [1.807, 2.05) is 0 Å². The molecule has 0 spiro atoms. The Hall–Kier alpha value is -14.1. The van der Waals surface area contributed by atoms with E-state index in [-0.39, 0.29) is 0 Å². The molecule has 0 unspecified atom stereocenters. The Morgan fingerprint density at radius 3 is 0.613 bits per heavy atom. The fraction of sp³-hybridized carbons (Fsp3) is 0. The standard InChI is InChI=1S/C54H36N2.C48H32N2/c1-3-12-37(13-4-1)39-26-30-45(31-27-39)55-51-20-9-7-18-47(51)49-35-43(28-32-53(49)55)40-22-24-41(25-23-40)44-29-33-54-50(36-44)48-19-8-10-21-52(48)56(54)46-17-11-16-42(34-46)38-14-5-2-6-15-38;1-3-11-33(12-4-1)34-23-27-40(28-24-34)50-46-18-10-8-16-42(46)44-32-38(26-30-48(44)50)36-21-19-35(20-22-36)37-25-29-47-43(31-37)41-15-7-9-17-45(41)49(47)39-13-5-2-6-14-39/h1-36H;1-32H. The van der Waals surface area contributed by atoms with Gasteiger partial charge in [0.05, 0.1) is 44.1 Å². The predicted octanol–water partition coefficient (Wildman–Crippen LogP) is 27.4. The SMILES string of the molecule is c1ccc(-c2ccc(-n3c4ccccc4c4cc(-c5ccc(-c6ccc7c(c6)c6ccccc6n7-c6cccc(-c7ccccc7)c6)cc5)ccc43)cc2)cc1.c1ccc(-c2ccc(-n3c4ccccc4c4cc(-c5ccc(-c6ccc7c(c6)c6ccccc6n7-c6ccccc6)cc5)ccc43)cc2)cc1. The van der Waals surface area contributed by atoms with E-state index >= 15 is 0 Å². The quantitative estimate of drug-likeness (QED) is 0.123. The lowest BCUT2D eigenvalue weighted by Gasteiger charge is -2.11. The summed E-state index contributed by atoms with van der Waals surface area (Å²) in [7, 11) is 0. The molecule has 106 heavy (non-hydrogen) atoms. The zero-order valence-electron chi connectivity index (χ0n) is 58.0. The van der Waals surface area contributed by atoms with Crippen LogP contribution < -0.4 is 0 Å². The van der Waals surface area contributed by atoms with E-state index in [2.05, 4.69) is 431 Å². The highest BCUT2D eigenvalue weighted by atomic mass is 15.0. The molecule has 0 aliphatic rings. The molecule has 4 aromatic heterocycles. The molecule has 0 saturated heterocycles. The molecule has 0 fully saturated rings. The maximum absolute atomic E-state index is 2.40. The number of para-hydroxylation sites is 5. The Bertz CT molecular complexity index is 6860. The smallest absolute Gasteiger partial charge is 0.0541 e. The van der Waals surface area contributed by atoms with Gasteiger partial charge in [-0.1, -0.05) is 291 Å². The Balaban J connectivity index is 0.000000141. The third-order valence-corrected chi connectivity index (χ3v) is 21.5. The minimum Gasteiger partial charge on any atom is -0.309 e. The van der Waals surface area contributed by atoms with Crippen molar-refractivity contribution in [2.75, 3.05) is 0 Å². The van der Waals surface area contributed by atoms with Gasteiger partial charge in [0, 0.05) is 65.8 Å². The Morgan fingerprint density at radius 2 is 0.292 bits per heavy atom. The van der Waals surface area contributed by atoms with Crippen LogP contribution in [0.25, 0.3) is 188 Å². The minimum absolute atomic E-state index is 1.16. The van der Waals surface area contributed by atoms with E-state index < -0.39 is 0 Å². The lowest BCUT2D eigenvalue weighted by Crippen LogP contribution is -1.94. The fourth-order valence-corrected chi connectivity index (χ4v) is 16.3. The van der Waals surface area contributed by atoms with Crippen molar-refractivity contribution >= 4 is 87.2 Å². The van der Waals surface area contributed by atoms with Gasteiger partial charge in [0.15, 0.2) is 0 Å². The number of aromatic nitrogens is 4. The summed E-state index contributed by atoms with van der Waals surface area (Å²) in [4.78, 5) is 0. The molecule has 0 amide bonds. The van der Waals surface area contributed by atoms with Crippen molar-refractivity contribution < 1.29 is 0 Å². The molecule has 496 valence electrons. The normalized spacial score (nSPS) is 11.6. The first-order valence-electron chi connectivity index (χ1n) is 36.4. The van der Waals surface area contributed by atoms with Crippen LogP contribution in [0, 0.1) is 0 Å². The first kappa shape index (κ1) is 61.8. The lowest BCUT2D eigenvalue weighted by atomic mass is 9.98. The van der Waals surface area contributed by atoms with Crippen LogP contribution in [0.2, 0.25) is 0 Å². The number of benzene rings is 17. The molecule has 0 aliphatic heterocycles. The van der Waals surface area contributed by atoms with Gasteiger partial charge in [-0.05, 0) is 199 Å². The zero-order chi connectivity index (χ0) is 70.0. The van der Waals surface area contributed by atoms with Gasteiger partial charge in [-0.25, -0.2) is 0 Å². The first-order chi connectivity index (χ1) is 52.6. The number of hydrogen-bond donors (Lipinski definition) is 0. The maximum Gasteiger partial charge on any atom is 0.0541 e. The molecule has 0 atom stereocenters. The van der Waals surface area contributed by atoms with Crippen molar-refractivity contribution in [2.45, 2.75) is 0 Å². The van der Waals surface area contributed by atoms with Crippen molar-refractivity contribution in [3.63, 3.8) is 0 Å². The molecule has 0 N–H and O–H groups in total. The van der Waals surface area contributed by atoms with E-state index in [1.54, 1.807) is 0 Å². The number of rotatable bonds is 11. The third kappa shape index (κ3) is 10.9. The third-order valence-electron chi connectivity index (χ3n) is 21.5. The monoisotopic (exact) mass is 1350 g/mol. The van der Waals surface area contributed by atoms with Gasteiger partial charge in [-0.2, -0.15) is 0 Å². The predicted molar refractivity (Wildman–Crippen MR) is 448 cm³/mol. The summed E-state index contributed by atoms with van der Waals surface area (Å²) in [6.45, 7) is 0. The molecule has 0 bridgehead atoms. The molecular formula is C102H68N4. The Labute approximate surface area is 614 Å². The summed E-state index contributed by atoms with van der Waals surface area (Å²) < 4.78 is 9.54. The van der Waals surface area contributed by atoms with Crippen molar-refractivity contribution in [1.29, 1.82) is 0 Å². The molecule has 21 aromatic rings. The highest BCUT2D eigenvalue weighted by Crippen LogP contribution is 2.42. The highest BCUT2D eigenvalue weighted by molar-refractivity contribution is 6.14. The Morgan fingerprint density at radius 1 is 0.104 bits per heavy atom. The van der Waals surface area contributed by atoms with Gasteiger partial charge in [-0.15, -0.1) is 0 Å². The molecule has 17 aromatic carbocycles. The number of fused-ring (bicyclic) bond motifs is 12. The van der Waals surface area contributed by atoms with Crippen LogP contribution in [0.3, 0.4) is 0 Å². The molecule has 0 saturated carbocycles. The summed E-state index contributed by atoms with van der Waals surface area (Å²) in [6, 6.07) is 150.